The Morgan fingerprint density at radius 2 is 1.81 bits per heavy atom. The molecule has 0 unspecified atom stereocenters. The molecule has 2 amide bonds. The molecule has 0 N–H and O–H groups in total. The molecule has 2 fully saturated rings. The second-order valence-corrected chi connectivity index (χ2v) is 6.72. The number of hydrogen-bond donors (Lipinski definition) is 0. The van der Waals surface area contributed by atoms with E-state index in [1.807, 2.05) is 18.2 Å². The van der Waals surface area contributed by atoms with Crippen molar-refractivity contribution in [2.75, 3.05) is 0 Å². The van der Waals surface area contributed by atoms with E-state index in [-0.39, 0.29) is 52.3 Å². The molecule has 5 rings (SSSR count). The average molecular weight is 350 g/mol. The summed E-state index contributed by atoms with van der Waals surface area (Å²) in [4.78, 5) is 35.9. The summed E-state index contributed by atoms with van der Waals surface area (Å²) in [7, 11) is 0. The Balaban J connectivity index is 1.64. The van der Waals surface area contributed by atoms with Crippen molar-refractivity contribution in [2.45, 2.75) is 12.8 Å². The standard InChI is InChI=1S/C18H14N4O4/c19-8-10-1-2-13(14(7-10)22(25)26)9-20-21-17(23)15-11-3-4-12(6-5-11)16(15)18(21)24/h1-4,7,9,11-12,15-16H,5-6H2/b20-9-/t11-,12-,15-,16+/m0/s1. The molecular weight excluding hydrogens is 336 g/mol. The highest BCUT2D eigenvalue weighted by Crippen LogP contribution is 2.49. The molecule has 4 atom stereocenters. The predicted octanol–water partition coefficient (Wildman–Crippen LogP) is 2.00. The number of hydrogen-bond acceptors (Lipinski definition) is 6. The lowest BCUT2D eigenvalue weighted by Gasteiger charge is -2.37. The first-order valence-corrected chi connectivity index (χ1v) is 8.30. The van der Waals surface area contributed by atoms with Gasteiger partial charge in [0.05, 0.1) is 40.2 Å². The smallest absolute Gasteiger partial charge is 0.272 e. The maximum Gasteiger partial charge on any atom is 0.279 e. The van der Waals surface area contributed by atoms with Gasteiger partial charge >= 0.3 is 0 Å². The van der Waals surface area contributed by atoms with Crippen LogP contribution in [0.3, 0.4) is 0 Å². The highest BCUT2D eigenvalue weighted by molar-refractivity contribution is 6.06. The summed E-state index contributed by atoms with van der Waals surface area (Å²) in [5.74, 6) is -1.31. The van der Waals surface area contributed by atoms with E-state index in [4.69, 9.17) is 5.26 Å². The monoisotopic (exact) mass is 350 g/mol. The zero-order valence-electron chi connectivity index (χ0n) is 13.6. The molecule has 8 heteroatoms. The molecule has 1 aromatic rings. The molecule has 1 saturated heterocycles. The minimum Gasteiger partial charge on any atom is -0.272 e. The summed E-state index contributed by atoms with van der Waals surface area (Å²) in [5.41, 5.74) is -0.0209. The van der Waals surface area contributed by atoms with Crippen molar-refractivity contribution in [2.24, 2.45) is 28.8 Å². The number of carbonyl (C=O) groups is 2. The van der Waals surface area contributed by atoms with Gasteiger partial charge in [0, 0.05) is 6.07 Å². The van der Waals surface area contributed by atoms with E-state index in [2.05, 4.69) is 5.10 Å². The Labute approximate surface area is 148 Å². The Kier molecular flexibility index (Phi) is 3.65. The van der Waals surface area contributed by atoms with E-state index in [0.717, 1.165) is 30.1 Å². The van der Waals surface area contributed by atoms with E-state index < -0.39 is 4.92 Å². The normalized spacial score (nSPS) is 29.3. The fourth-order valence-corrected chi connectivity index (χ4v) is 4.17. The number of carbonyl (C=O) groups excluding carboxylic acids is 2. The molecule has 1 aromatic carbocycles. The summed E-state index contributed by atoms with van der Waals surface area (Å²) in [6, 6.07) is 5.78. The predicted molar refractivity (Wildman–Crippen MR) is 89.6 cm³/mol. The highest BCUT2D eigenvalue weighted by Gasteiger charge is 2.56. The zero-order chi connectivity index (χ0) is 18.4. The lowest BCUT2D eigenvalue weighted by molar-refractivity contribution is -0.385. The lowest BCUT2D eigenvalue weighted by atomic mass is 9.63. The van der Waals surface area contributed by atoms with Crippen molar-refractivity contribution in [1.29, 1.82) is 5.26 Å². The molecule has 4 aliphatic rings. The van der Waals surface area contributed by atoms with Gasteiger partial charge in [0.1, 0.15) is 0 Å². The second kappa shape index (κ2) is 5.88. The summed E-state index contributed by atoms with van der Waals surface area (Å²) in [5, 5.41) is 24.9. The van der Waals surface area contributed by atoms with E-state index in [1.54, 1.807) is 0 Å². The number of hydrazone groups is 1. The number of nitro groups is 1. The summed E-state index contributed by atoms with van der Waals surface area (Å²) in [6.45, 7) is 0. The van der Waals surface area contributed by atoms with Crippen LogP contribution in [0, 0.1) is 45.1 Å². The Hall–Kier alpha value is -3.34. The minimum atomic E-state index is -0.625. The van der Waals surface area contributed by atoms with Crippen LogP contribution >= 0.6 is 0 Å². The van der Waals surface area contributed by atoms with E-state index in [9.17, 15) is 19.7 Å². The number of nitriles is 1. The number of allylic oxidation sites excluding steroid dienone is 2. The number of fused-ring (bicyclic) bond motifs is 1. The van der Waals surface area contributed by atoms with Gasteiger partial charge in [-0.15, -0.1) is 0 Å². The summed E-state index contributed by atoms with van der Waals surface area (Å²) in [6.07, 6.45) is 6.94. The van der Waals surface area contributed by atoms with Gasteiger partial charge in [-0.2, -0.15) is 15.4 Å². The number of benzene rings is 1. The van der Waals surface area contributed by atoms with Gasteiger partial charge in [-0.25, -0.2) is 0 Å². The first-order valence-electron chi connectivity index (χ1n) is 8.30. The SMILES string of the molecule is N#Cc1ccc(/C=N\N2C(=O)[C@@H]3[C@H](C2=O)[C@H]2C=C[C@H]3CC2)c([N+](=O)[O-])c1. The average Bonchev–Trinajstić information content (AvgIpc) is 2.93. The van der Waals surface area contributed by atoms with Crippen molar-refractivity contribution < 1.29 is 14.5 Å². The Morgan fingerprint density at radius 3 is 2.31 bits per heavy atom. The van der Waals surface area contributed by atoms with Crippen LogP contribution in [0.2, 0.25) is 0 Å². The van der Waals surface area contributed by atoms with E-state index >= 15 is 0 Å². The fourth-order valence-electron chi connectivity index (χ4n) is 4.17. The highest BCUT2D eigenvalue weighted by atomic mass is 16.6. The van der Waals surface area contributed by atoms with Crippen LogP contribution < -0.4 is 0 Å². The molecule has 0 aromatic heterocycles. The zero-order valence-corrected chi connectivity index (χ0v) is 13.6. The third-order valence-electron chi connectivity index (χ3n) is 5.40. The number of imide groups is 1. The Bertz CT molecular complexity index is 898. The molecule has 0 spiro atoms. The molecule has 3 aliphatic carbocycles. The van der Waals surface area contributed by atoms with Gasteiger partial charge < -0.3 is 0 Å². The first kappa shape index (κ1) is 16.1. The van der Waals surface area contributed by atoms with Gasteiger partial charge in [0.15, 0.2) is 0 Å². The van der Waals surface area contributed by atoms with Gasteiger partial charge in [-0.05, 0) is 36.8 Å². The largest absolute Gasteiger partial charge is 0.279 e. The number of rotatable bonds is 3. The third kappa shape index (κ3) is 2.32. The number of amides is 2. The lowest BCUT2D eigenvalue weighted by Crippen LogP contribution is -2.38. The van der Waals surface area contributed by atoms with Crippen LogP contribution in [-0.2, 0) is 9.59 Å². The molecule has 1 heterocycles. The van der Waals surface area contributed by atoms with Crippen LogP contribution in [-0.4, -0.2) is 28.0 Å². The van der Waals surface area contributed by atoms with Crippen LogP contribution in [0.25, 0.3) is 0 Å². The first-order chi connectivity index (χ1) is 12.5. The van der Waals surface area contributed by atoms with Crippen LogP contribution in [0.15, 0.2) is 35.5 Å². The molecule has 26 heavy (non-hydrogen) atoms. The summed E-state index contributed by atoms with van der Waals surface area (Å²) >= 11 is 0. The van der Waals surface area contributed by atoms with Gasteiger partial charge in [-0.1, -0.05) is 12.2 Å². The fraction of sp³-hybridized carbons (Fsp3) is 0.333. The van der Waals surface area contributed by atoms with Crippen LogP contribution in [0.4, 0.5) is 5.69 Å². The number of nitro benzene ring substituents is 1. The van der Waals surface area contributed by atoms with Gasteiger partial charge in [0.25, 0.3) is 17.5 Å². The Morgan fingerprint density at radius 1 is 1.19 bits per heavy atom. The van der Waals surface area contributed by atoms with Crippen molar-refractivity contribution in [3.05, 3.63) is 51.6 Å². The van der Waals surface area contributed by atoms with Crippen molar-refractivity contribution >= 4 is 23.7 Å². The molecule has 1 aliphatic heterocycles. The minimum absolute atomic E-state index is 0.0610. The molecule has 130 valence electrons. The summed E-state index contributed by atoms with van der Waals surface area (Å²) < 4.78 is 0. The van der Waals surface area contributed by atoms with Crippen molar-refractivity contribution in [3.8, 4) is 6.07 Å². The second-order valence-electron chi connectivity index (χ2n) is 6.72. The molecular formula is C18H14N4O4. The quantitative estimate of drug-likeness (QED) is 0.272. The van der Waals surface area contributed by atoms with E-state index in [0.29, 0.717) is 0 Å². The van der Waals surface area contributed by atoms with Crippen molar-refractivity contribution in [1.82, 2.24) is 5.01 Å². The molecule has 2 bridgehead atoms. The topological polar surface area (TPSA) is 117 Å². The van der Waals surface area contributed by atoms with Crippen LogP contribution in [0.1, 0.15) is 24.0 Å². The van der Waals surface area contributed by atoms with Crippen molar-refractivity contribution in [3.63, 3.8) is 0 Å². The molecule has 8 nitrogen and oxygen atoms in total. The third-order valence-corrected chi connectivity index (χ3v) is 5.40. The maximum atomic E-state index is 12.7. The molecule has 1 saturated carbocycles. The van der Waals surface area contributed by atoms with Gasteiger partial charge in [-0.3, -0.25) is 19.7 Å². The number of nitrogens with zero attached hydrogens (tertiary/aromatic N) is 4. The maximum absolute atomic E-state index is 12.7. The van der Waals surface area contributed by atoms with Crippen LogP contribution in [0.5, 0.6) is 0 Å². The van der Waals surface area contributed by atoms with E-state index in [1.165, 1.54) is 12.1 Å². The molecule has 0 radical (unpaired) electrons. The van der Waals surface area contributed by atoms with Gasteiger partial charge in [0.2, 0.25) is 0 Å².